The maximum Gasteiger partial charge on any atom is 0.221 e. The number of hydrogen-bond donors (Lipinski definition) is 1. The Morgan fingerprint density at radius 1 is 1.39 bits per heavy atom. The average molecular weight is 246 g/mol. The van der Waals surface area contributed by atoms with Crippen molar-refractivity contribution in [3.8, 4) is 0 Å². The van der Waals surface area contributed by atoms with Crippen molar-refractivity contribution in [2.75, 3.05) is 13.1 Å². The third-order valence-corrected chi connectivity index (χ3v) is 3.39. The van der Waals surface area contributed by atoms with Gasteiger partial charge in [-0.05, 0) is 44.5 Å². The Kier molecular flexibility index (Phi) is 3.30. The second-order valence-corrected chi connectivity index (χ2v) is 4.79. The number of oxazole rings is 1. The van der Waals surface area contributed by atoms with Crippen LogP contribution >= 0.6 is 0 Å². The van der Waals surface area contributed by atoms with Gasteiger partial charge in [0.2, 0.25) is 5.89 Å². The number of nitrogens with zero attached hydrogens (tertiary/aromatic N) is 1. The van der Waals surface area contributed by atoms with Crippen LogP contribution in [0.15, 0.2) is 22.6 Å². The smallest absolute Gasteiger partial charge is 0.221 e. The third kappa shape index (κ3) is 2.40. The predicted molar refractivity (Wildman–Crippen MR) is 69.4 cm³/mol. The van der Waals surface area contributed by atoms with Gasteiger partial charge in [-0.15, -0.1) is 0 Å². The first-order valence-electron chi connectivity index (χ1n) is 6.50. The summed E-state index contributed by atoms with van der Waals surface area (Å²) in [5.41, 5.74) is 2.93. The Morgan fingerprint density at radius 3 is 3.00 bits per heavy atom. The van der Waals surface area contributed by atoms with E-state index in [0.717, 1.165) is 42.6 Å². The molecule has 1 aromatic carbocycles. The number of fused-ring (bicyclic) bond motifs is 1. The van der Waals surface area contributed by atoms with E-state index in [2.05, 4.69) is 10.3 Å². The van der Waals surface area contributed by atoms with E-state index in [9.17, 15) is 0 Å². The number of hydrogen-bond acceptors (Lipinski definition) is 4. The first-order chi connectivity index (χ1) is 8.83. The van der Waals surface area contributed by atoms with E-state index in [-0.39, 0.29) is 0 Å². The van der Waals surface area contributed by atoms with Crippen molar-refractivity contribution in [1.82, 2.24) is 10.3 Å². The topological polar surface area (TPSA) is 47.3 Å². The van der Waals surface area contributed by atoms with Gasteiger partial charge in [-0.3, -0.25) is 0 Å². The summed E-state index contributed by atoms with van der Waals surface area (Å²) in [4.78, 5) is 4.49. The molecule has 0 spiro atoms. The van der Waals surface area contributed by atoms with Crippen LogP contribution in [0, 0.1) is 6.92 Å². The SMILES string of the molecule is Cc1cccc2oc(COC3CCNCC3)nc12. The number of benzene rings is 1. The molecule has 1 N–H and O–H groups in total. The summed E-state index contributed by atoms with van der Waals surface area (Å²) in [5, 5.41) is 3.32. The molecule has 96 valence electrons. The molecule has 18 heavy (non-hydrogen) atoms. The van der Waals surface area contributed by atoms with Gasteiger partial charge in [-0.1, -0.05) is 12.1 Å². The number of ether oxygens (including phenoxy) is 1. The van der Waals surface area contributed by atoms with E-state index in [1.54, 1.807) is 0 Å². The summed E-state index contributed by atoms with van der Waals surface area (Å²) < 4.78 is 11.5. The van der Waals surface area contributed by atoms with Gasteiger partial charge in [0, 0.05) is 0 Å². The molecule has 0 amide bonds. The van der Waals surface area contributed by atoms with Crippen LogP contribution in [0.3, 0.4) is 0 Å². The van der Waals surface area contributed by atoms with E-state index in [1.807, 2.05) is 25.1 Å². The molecule has 0 aliphatic carbocycles. The molecule has 1 aliphatic rings. The van der Waals surface area contributed by atoms with Crippen molar-refractivity contribution < 1.29 is 9.15 Å². The van der Waals surface area contributed by atoms with Crippen LogP contribution in [0.25, 0.3) is 11.1 Å². The monoisotopic (exact) mass is 246 g/mol. The molecule has 1 saturated heterocycles. The van der Waals surface area contributed by atoms with Crippen molar-refractivity contribution in [1.29, 1.82) is 0 Å². The first-order valence-corrected chi connectivity index (χ1v) is 6.50. The highest BCUT2D eigenvalue weighted by molar-refractivity contribution is 5.76. The highest BCUT2D eigenvalue weighted by atomic mass is 16.5. The minimum absolute atomic E-state index is 0.336. The Balaban J connectivity index is 1.69. The molecule has 0 unspecified atom stereocenters. The van der Waals surface area contributed by atoms with Crippen LogP contribution in [-0.2, 0) is 11.3 Å². The molecule has 2 aromatic rings. The molecule has 4 heteroatoms. The van der Waals surface area contributed by atoms with Crippen LogP contribution in [0.5, 0.6) is 0 Å². The van der Waals surface area contributed by atoms with E-state index < -0.39 is 0 Å². The van der Waals surface area contributed by atoms with E-state index in [1.165, 1.54) is 0 Å². The normalized spacial score (nSPS) is 17.4. The van der Waals surface area contributed by atoms with Crippen molar-refractivity contribution in [2.24, 2.45) is 0 Å². The predicted octanol–water partition coefficient (Wildman–Crippen LogP) is 2.40. The Morgan fingerprint density at radius 2 is 2.22 bits per heavy atom. The van der Waals surface area contributed by atoms with Crippen LogP contribution < -0.4 is 5.32 Å². The molecule has 0 saturated carbocycles. The lowest BCUT2D eigenvalue weighted by atomic mass is 10.1. The van der Waals surface area contributed by atoms with Crippen LogP contribution in [0.1, 0.15) is 24.3 Å². The molecule has 4 nitrogen and oxygen atoms in total. The van der Waals surface area contributed by atoms with E-state index in [0.29, 0.717) is 18.6 Å². The fourth-order valence-electron chi connectivity index (χ4n) is 2.35. The fraction of sp³-hybridized carbons (Fsp3) is 0.500. The van der Waals surface area contributed by atoms with E-state index >= 15 is 0 Å². The van der Waals surface area contributed by atoms with Gasteiger partial charge < -0.3 is 14.5 Å². The van der Waals surface area contributed by atoms with Crippen molar-refractivity contribution in [2.45, 2.75) is 32.5 Å². The van der Waals surface area contributed by atoms with Gasteiger partial charge in [0.05, 0.1) is 6.10 Å². The van der Waals surface area contributed by atoms with E-state index in [4.69, 9.17) is 9.15 Å². The fourth-order valence-corrected chi connectivity index (χ4v) is 2.35. The number of aryl methyl sites for hydroxylation is 1. The highest BCUT2D eigenvalue weighted by Crippen LogP contribution is 2.20. The molecule has 2 heterocycles. The summed E-state index contributed by atoms with van der Waals surface area (Å²) in [6.45, 7) is 4.59. The molecule has 1 aliphatic heterocycles. The summed E-state index contributed by atoms with van der Waals surface area (Å²) in [6, 6.07) is 5.98. The molecule has 3 rings (SSSR count). The lowest BCUT2D eigenvalue weighted by molar-refractivity contribution is 0.0113. The van der Waals surface area contributed by atoms with Gasteiger partial charge in [-0.2, -0.15) is 0 Å². The van der Waals surface area contributed by atoms with Crippen molar-refractivity contribution in [3.63, 3.8) is 0 Å². The lowest BCUT2D eigenvalue weighted by Gasteiger charge is -2.22. The standard InChI is InChI=1S/C14H18N2O2/c1-10-3-2-4-12-14(10)16-13(18-12)9-17-11-5-7-15-8-6-11/h2-4,11,15H,5-9H2,1H3. The Labute approximate surface area is 106 Å². The van der Waals surface area contributed by atoms with Crippen molar-refractivity contribution in [3.05, 3.63) is 29.7 Å². The number of rotatable bonds is 3. The summed E-state index contributed by atoms with van der Waals surface area (Å²) in [7, 11) is 0. The zero-order valence-electron chi connectivity index (χ0n) is 10.6. The minimum atomic E-state index is 0.336. The molecular formula is C14H18N2O2. The molecule has 1 fully saturated rings. The molecule has 1 aromatic heterocycles. The highest BCUT2D eigenvalue weighted by Gasteiger charge is 2.15. The van der Waals surface area contributed by atoms with Gasteiger partial charge in [0.25, 0.3) is 0 Å². The van der Waals surface area contributed by atoms with Gasteiger partial charge in [0.1, 0.15) is 12.1 Å². The molecule has 0 atom stereocenters. The van der Waals surface area contributed by atoms with Crippen LogP contribution in [0.4, 0.5) is 0 Å². The maximum absolute atomic E-state index is 5.84. The molecule has 0 bridgehead atoms. The zero-order valence-corrected chi connectivity index (χ0v) is 10.6. The second-order valence-electron chi connectivity index (χ2n) is 4.79. The summed E-state index contributed by atoms with van der Waals surface area (Å²) >= 11 is 0. The van der Waals surface area contributed by atoms with Crippen LogP contribution in [-0.4, -0.2) is 24.2 Å². The number of piperidine rings is 1. The van der Waals surface area contributed by atoms with Gasteiger partial charge >= 0.3 is 0 Å². The summed E-state index contributed by atoms with van der Waals surface area (Å²) in [5.74, 6) is 0.679. The quantitative estimate of drug-likeness (QED) is 0.903. The molecule has 0 radical (unpaired) electrons. The molecular weight excluding hydrogens is 228 g/mol. The Hall–Kier alpha value is -1.39. The maximum atomic E-state index is 5.84. The lowest BCUT2D eigenvalue weighted by Crippen LogP contribution is -2.32. The third-order valence-electron chi connectivity index (χ3n) is 3.39. The van der Waals surface area contributed by atoms with Gasteiger partial charge in [0.15, 0.2) is 5.58 Å². The van der Waals surface area contributed by atoms with Gasteiger partial charge in [-0.25, -0.2) is 4.98 Å². The Bertz CT molecular complexity index is 530. The number of nitrogens with one attached hydrogen (secondary N) is 1. The summed E-state index contributed by atoms with van der Waals surface area (Å²) in [6.07, 6.45) is 2.47. The van der Waals surface area contributed by atoms with Crippen molar-refractivity contribution >= 4 is 11.1 Å². The minimum Gasteiger partial charge on any atom is -0.438 e. The number of aromatic nitrogens is 1. The first kappa shape index (κ1) is 11.7. The largest absolute Gasteiger partial charge is 0.438 e. The zero-order chi connectivity index (χ0) is 12.4. The number of para-hydroxylation sites is 1. The average Bonchev–Trinajstić information content (AvgIpc) is 2.82. The second kappa shape index (κ2) is 5.08. The van der Waals surface area contributed by atoms with Crippen LogP contribution in [0.2, 0.25) is 0 Å².